The molecule has 2 heterocycles. The number of carbonyl (C=O) groups excluding carboxylic acids is 1. The summed E-state index contributed by atoms with van der Waals surface area (Å²) in [5, 5.41) is 2.00. The lowest BCUT2D eigenvalue weighted by Gasteiger charge is -2.19. The van der Waals surface area contributed by atoms with Crippen molar-refractivity contribution in [2.75, 3.05) is 0 Å². The molecule has 0 aliphatic carbocycles. The monoisotopic (exact) mass is 434 g/mol. The molecule has 0 saturated heterocycles. The van der Waals surface area contributed by atoms with Crippen LogP contribution in [0.25, 0.3) is 21.5 Å². The Balaban J connectivity index is 1.44. The number of nitrogens with zero attached hydrogens (tertiary/aromatic N) is 1. The van der Waals surface area contributed by atoms with Crippen LogP contribution in [0.15, 0.2) is 54.7 Å². The summed E-state index contributed by atoms with van der Waals surface area (Å²) < 4.78 is 11.5. The number of ether oxygens (including phenoxy) is 2. The molecule has 1 N–H and O–H groups in total. The summed E-state index contributed by atoms with van der Waals surface area (Å²) in [6.07, 6.45) is 2.09. The third-order valence-corrected chi connectivity index (χ3v) is 5.84. The molecule has 0 radical (unpaired) electrons. The number of carbonyl (C=O) groups is 1. The van der Waals surface area contributed by atoms with E-state index in [1.807, 2.05) is 63.4 Å². The summed E-state index contributed by atoms with van der Waals surface area (Å²) in [6.45, 7) is 8.09. The molecule has 0 bridgehead atoms. The highest BCUT2D eigenvalue weighted by Crippen LogP contribution is 2.29. The van der Waals surface area contributed by atoms with Crippen molar-refractivity contribution in [1.82, 2.24) is 9.97 Å². The van der Waals surface area contributed by atoms with Gasteiger partial charge in [-0.3, -0.25) is 4.79 Å². The molecule has 0 aliphatic rings. The predicted molar refractivity (Wildman–Crippen MR) is 124 cm³/mol. The maximum atomic E-state index is 12.2. The van der Waals surface area contributed by atoms with E-state index < -0.39 is 5.60 Å². The average Bonchev–Trinajstić information content (AvgIpc) is 3.28. The zero-order chi connectivity index (χ0) is 22.0. The van der Waals surface area contributed by atoms with Gasteiger partial charge in [-0.2, -0.15) is 0 Å². The number of nitrogens with one attached hydrogen (secondary N) is 1. The minimum atomic E-state index is -0.488. The number of benzene rings is 2. The van der Waals surface area contributed by atoms with Gasteiger partial charge in [0.2, 0.25) is 0 Å². The Kier molecular flexibility index (Phi) is 5.83. The number of fused-ring (bicyclic) bond motifs is 1. The molecule has 31 heavy (non-hydrogen) atoms. The molecule has 5 nitrogen and oxygen atoms in total. The van der Waals surface area contributed by atoms with Gasteiger partial charge in [0.15, 0.2) is 0 Å². The first-order chi connectivity index (χ1) is 14.8. The van der Waals surface area contributed by atoms with Crippen LogP contribution >= 0.6 is 11.3 Å². The highest BCUT2D eigenvalue weighted by atomic mass is 32.1. The maximum Gasteiger partial charge on any atom is 0.310 e. The van der Waals surface area contributed by atoms with Gasteiger partial charge in [-0.1, -0.05) is 30.3 Å². The molecule has 2 aromatic heterocycles. The zero-order valence-corrected chi connectivity index (χ0v) is 19.0. The second kappa shape index (κ2) is 8.55. The summed E-state index contributed by atoms with van der Waals surface area (Å²) in [5.41, 5.74) is 3.42. The number of thiazole rings is 1. The van der Waals surface area contributed by atoms with Gasteiger partial charge in [0, 0.05) is 33.6 Å². The zero-order valence-electron chi connectivity index (χ0n) is 18.2. The summed E-state index contributed by atoms with van der Waals surface area (Å²) in [4.78, 5) is 21.3. The van der Waals surface area contributed by atoms with E-state index >= 15 is 0 Å². The molecule has 0 fully saturated rings. The Hall–Kier alpha value is -3.12. The van der Waals surface area contributed by atoms with Gasteiger partial charge in [0.05, 0.1) is 12.1 Å². The van der Waals surface area contributed by atoms with Crippen LogP contribution in [-0.2, 0) is 22.6 Å². The van der Waals surface area contributed by atoms with Crippen LogP contribution in [0.5, 0.6) is 5.75 Å². The van der Waals surface area contributed by atoms with Crippen molar-refractivity contribution in [3.05, 3.63) is 70.9 Å². The fourth-order valence-electron chi connectivity index (χ4n) is 3.35. The van der Waals surface area contributed by atoms with E-state index in [4.69, 9.17) is 14.5 Å². The summed E-state index contributed by atoms with van der Waals surface area (Å²) in [5.74, 6) is 0.522. The van der Waals surface area contributed by atoms with Crippen LogP contribution in [0.2, 0.25) is 0 Å². The standard InChI is InChI=1S/C25H26N2O3S/c1-16-22(27-24(31-16)17-8-6-5-7-9-17)15-29-19-10-11-20-18(14-26-21(20)13-19)12-23(28)30-25(2,3)4/h5-11,13-14,26H,12,15H2,1-4H3. The van der Waals surface area contributed by atoms with Gasteiger partial charge in [-0.15, -0.1) is 11.3 Å². The molecule has 160 valence electrons. The first kappa shape index (κ1) is 21.1. The Morgan fingerprint density at radius 2 is 1.90 bits per heavy atom. The smallest absolute Gasteiger partial charge is 0.310 e. The van der Waals surface area contributed by atoms with Gasteiger partial charge in [0.1, 0.15) is 23.0 Å². The molecule has 4 aromatic rings. The van der Waals surface area contributed by atoms with Crippen molar-refractivity contribution in [3.8, 4) is 16.3 Å². The number of hydrogen-bond donors (Lipinski definition) is 1. The largest absolute Gasteiger partial charge is 0.487 e. The Bertz CT molecular complexity index is 1200. The lowest BCUT2D eigenvalue weighted by molar-refractivity contribution is -0.153. The highest BCUT2D eigenvalue weighted by molar-refractivity contribution is 7.15. The Morgan fingerprint density at radius 3 is 2.65 bits per heavy atom. The van der Waals surface area contributed by atoms with Crippen molar-refractivity contribution in [2.45, 2.75) is 46.3 Å². The molecule has 4 rings (SSSR count). The lowest BCUT2D eigenvalue weighted by Crippen LogP contribution is -2.24. The second-order valence-corrected chi connectivity index (χ2v) is 9.66. The number of hydrogen-bond acceptors (Lipinski definition) is 5. The number of rotatable bonds is 6. The number of H-pyrrole nitrogens is 1. The van der Waals surface area contributed by atoms with Gasteiger partial charge in [0.25, 0.3) is 0 Å². The average molecular weight is 435 g/mol. The number of esters is 1. The van der Waals surface area contributed by atoms with E-state index in [2.05, 4.69) is 24.0 Å². The molecular formula is C25H26N2O3S. The van der Waals surface area contributed by atoms with Crippen LogP contribution in [0, 0.1) is 6.92 Å². The number of aromatic nitrogens is 2. The van der Waals surface area contributed by atoms with Crippen molar-refractivity contribution in [1.29, 1.82) is 0 Å². The van der Waals surface area contributed by atoms with Crippen LogP contribution in [0.1, 0.15) is 36.9 Å². The molecule has 0 aliphatic heterocycles. The van der Waals surface area contributed by atoms with E-state index in [-0.39, 0.29) is 12.4 Å². The molecule has 0 spiro atoms. The normalized spacial score (nSPS) is 11.6. The Morgan fingerprint density at radius 1 is 1.13 bits per heavy atom. The van der Waals surface area contributed by atoms with Crippen molar-refractivity contribution in [3.63, 3.8) is 0 Å². The van der Waals surface area contributed by atoms with Crippen molar-refractivity contribution in [2.24, 2.45) is 0 Å². The van der Waals surface area contributed by atoms with Crippen LogP contribution in [-0.4, -0.2) is 21.5 Å². The molecule has 6 heteroatoms. The lowest BCUT2D eigenvalue weighted by atomic mass is 10.1. The topological polar surface area (TPSA) is 64.2 Å². The van der Waals surface area contributed by atoms with Crippen LogP contribution < -0.4 is 4.74 Å². The second-order valence-electron chi connectivity index (χ2n) is 8.46. The summed E-state index contributed by atoms with van der Waals surface area (Å²) in [7, 11) is 0. The van der Waals surface area contributed by atoms with E-state index in [0.717, 1.165) is 43.4 Å². The summed E-state index contributed by atoms with van der Waals surface area (Å²) >= 11 is 1.68. The molecule has 0 amide bonds. The molecule has 0 saturated carbocycles. The van der Waals surface area contributed by atoms with Crippen molar-refractivity contribution >= 4 is 28.2 Å². The van der Waals surface area contributed by atoms with Crippen molar-refractivity contribution < 1.29 is 14.3 Å². The Labute approximate surface area is 186 Å². The fraction of sp³-hybridized carbons (Fsp3) is 0.280. The summed E-state index contributed by atoms with van der Waals surface area (Å²) in [6, 6.07) is 16.0. The van der Waals surface area contributed by atoms with Gasteiger partial charge in [-0.05, 0) is 45.4 Å². The predicted octanol–water partition coefficient (Wildman–Crippen LogP) is 6.06. The molecular weight excluding hydrogens is 408 g/mol. The molecule has 2 aromatic carbocycles. The third-order valence-electron chi connectivity index (χ3n) is 4.78. The van der Waals surface area contributed by atoms with E-state index in [9.17, 15) is 4.79 Å². The first-order valence-electron chi connectivity index (χ1n) is 10.2. The number of aromatic amines is 1. The van der Waals surface area contributed by atoms with Crippen LogP contribution in [0.3, 0.4) is 0 Å². The van der Waals surface area contributed by atoms with Gasteiger partial charge < -0.3 is 14.5 Å². The van der Waals surface area contributed by atoms with Gasteiger partial charge >= 0.3 is 5.97 Å². The van der Waals surface area contributed by atoms with Gasteiger partial charge in [-0.25, -0.2) is 4.98 Å². The van der Waals surface area contributed by atoms with E-state index in [0.29, 0.717) is 6.61 Å². The fourth-order valence-corrected chi connectivity index (χ4v) is 4.27. The SMILES string of the molecule is Cc1sc(-c2ccccc2)nc1COc1ccc2c(CC(=O)OC(C)(C)C)c[nH]c2c1. The van der Waals surface area contributed by atoms with E-state index in [1.165, 1.54) is 0 Å². The van der Waals surface area contributed by atoms with E-state index in [1.54, 1.807) is 11.3 Å². The molecule has 0 unspecified atom stereocenters. The third kappa shape index (κ3) is 5.14. The maximum absolute atomic E-state index is 12.2. The van der Waals surface area contributed by atoms with Crippen LogP contribution in [0.4, 0.5) is 0 Å². The first-order valence-corrected chi connectivity index (χ1v) is 11.1. The minimum Gasteiger partial charge on any atom is -0.487 e. The number of aryl methyl sites for hydroxylation is 1. The minimum absolute atomic E-state index is 0.234. The highest BCUT2D eigenvalue weighted by Gasteiger charge is 2.18. The molecule has 0 atom stereocenters. The quantitative estimate of drug-likeness (QED) is 0.375.